The van der Waals surface area contributed by atoms with Crippen molar-refractivity contribution in [2.24, 2.45) is 0 Å². The zero-order valence-electron chi connectivity index (χ0n) is 6.86. The number of rotatable bonds is 1. The van der Waals surface area contributed by atoms with Crippen LogP contribution in [-0.2, 0) is 0 Å². The molecule has 0 aliphatic carbocycles. The molecule has 0 bridgehead atoms. The molecule has 0 fully saturated rings. The quantitative estimate of drug-likeness (QED) is 0.350. The molecule has 0 amide bonds. The Balaban J connectivity index is 0. The average Bonchev–Trinajstić information content (AvgIpc) is 1.90. The van der Waals surface area contributed by atoms with Gasteiger partial charge in [-0.05, 0) is 0 Å². The van der Waals surface area contributed by atoms with Crippen LogP contribution >= 0.6 is 0 Å². The fraction of sp³-hybridized carbons (Fsp3) is 0.143. The second-order valence-electron chi connectivity index (χ2n) is 1.78. The molecular weight excluding hydrogens is 139 g/mol. The molecule has 0 atom stereocenters. The normalized spacial score (nSPS) is 9.10. The third kappa shape index (κ3) is 2.82. The second-order valence-corrected chi connectivity index (χ2v) is 1.78. The van der Waals surface area contributed by atoms with E-state index in [4.69, 9.17) is 10.2 Å². The molecule has 0 saturated carbocycles. The van der Waals surface area contributed by atoms with Crippen molar-refractivity contribution in [3.8, 4) is 0 Å². The van der Waals surface area contributed by atoms with Crippen molar-refractivity contribution in [2.45, 2.75) is 6.29 Å². The number of hydrogen-bond donors (Lipinski definition) is 2. The van der Waals surface area contributed by atoms with Gasteiger partial charge in [0.15, 0.2) is 6.29 Å². The van der Waals surface area contributed by atoms with E-state index in [0.29, 0.717) is 5.56 Å². The summed E-state index contributed by atoms with van der Waals surface area (Å²) in [6, 6.07) is 8.66. The van der Waals surface area contributed by atoms with E-state index in [1.54, 1.807) is 24.3 Å². The van der Waals surface area contributed by atoms with Crippen LogP contribution in [0.25, 0.3) is 0 Å². The van der Waals surface area contributed by atoms with E-state index in [-0.39, 0.29) is 31.0 Å². The van der Waals surface area contributed by atoms with Crippen molar-refractivity contribution >= 4 is 0 Å². The predicted octanol–water partition coefficient (Wildman–Crippen LogP) is -2.21. The Morgan fingerprint density at radius 1 is 1.10 bits per heavy atom. The third-order valence-electron chi connectivity index (χ3n) is 1.10. The van der Waals surface area contributed by atoms with Crippen molar-refractivity contribution in [3.05, 3.63) is 35.9 Å². The number of aliphatic hydroxyl groups is 2. The monoisotopic (exact) mass is 148 g/mol. The van der Waals surface area contributed by atoms with Gasteiger partial charge in [0, 0.05) is 5.56 Å². The number of benzene rings is 1. The summed E-state index contributed by atoms with van der Waals surface area (Å²) in [5.74, 6) is 0. The van der Waals surface area contributed by atoms with Gasteiger partial charge in [0.1, 0.15) is 0 Å². The van der Waals surface area contributed by atoms with Crippen LogP contribution in [0.4, 0.5) is 0 Å². The number of hydrogen-bond acceptors (Lipinski definition) is 2. The maximum atomic E-state index is 8.58. The van der Waals surface area contributed by atoms with Gasteiger partial charge in [-0.15, -0.1) is 0 Å². The summed E-state index contributed by atoms with van der Waals surface area (Å²) in [6.45, 7) is 0. The molecular formula is C7H9NaO2. The molecule has 0 heterocycles. The van der Waals surface area contributed by atoms with Gasteiger partial charge < -0.3 is 11.6 Å². The van der Waals surface area contributed by atoms with Crippen molar-refractivity contribution in [3.63, 3.8) is 0 Å². The van der Waals surface area contributed by atoms with Crippen molar-refractivity contribution < 1.29 is 41.2 Å². The molecule has 3 heteroatoms. The van der Waals surface area contributed by atoms with Crippen LogP contribution in [0.5, 0.6) is 0 Å². The first-order valence-electron chi connectivity index (χ1n) is 2.72. The van der Waals surface area contributed by atoms with Gasteiger partial charge in [0.2, 0.25) is 0 Å². The molecule has 10 heavy (non-hydrogen) atoms. The maximum Gasteiger partial charge on any atom is 1.00 e. The fourth-order valence-electron chi connectivity index (χ4n) is 0.625. The zero-order chi connectivity index (χ0) is 6.69. The van der Waals surface area contributed by atoms with Crippen molar-refractivity contribution in [1.82, 2.24) is 0 Å². The minimum Gasteiger partial charge on any atom is -1.00 e. The Labute approximate surface area is 83.3 Å². The standard InChI is InChI=1S/C7H8O2.Na.H/c8-7(9)6-4-2-1-3-5-6;;/h1-5,7-9H;;/q;+1;-1. The molecule has 1 aromatic carbocycles. The topological polar surface area (TPSA) is 40.5 Å². The fourth-order valence-corrected chi connectivity index (χ4v) is 0.625. The Morgan fingerprint density at radius 3 is 1.90 bits per heavy atom. The molecule has 0 aromatic heterocycles. The molecule has 0 unspecified atom stereocenters. The van der Waals surface area contributed by atoms with Gasteiger partial charge in [-0.25, -0.2) is 0 Å². The van der Waals surface area contributed by atoms with Crippen molar-refractivity contribution in [2.75, 3.05) is 0 Å². The van der Waals surface area contributed by atoms with E-state index in [0.717, 1.165) is 0 Å². The SMILES string of the molecule is OC(O)c1ccccc1.[H-].[Na+]. The first kappa shape index (κ1) is 10.1. The molecule has 1 rings (SSSR count). The maximum absolute atomic E-state index is 8.58. The summed E-state index contributed by atoms with van der Waals surface area (Å²) in [6.07, 6.45) is -1.34. The summed E-state index contributed by atoms with van der Waals surface area (Å²) >= 11 is 0. The van der Waals surface area contributed by atoms with Gasteiger partial charge in [-0.3, -0.25) is 0 Å². The second kappa shape index (κ2) is 4.88. The molecule has 2 nitrogen and oxygen atoms in total. The van der Waals surface area contributed by atoms with Gasteiger partial charge in [-0.1, -0.05) is 30.3 Å². The summed E-state index contributed by atoms with van der Waals surface area (Å²) in [5.41, 5.74) is 0.525. The first-order chi connectivity index (χ1) is 4.30. The van der Waals surface area contributed by atoms with E-state index >= 15 is 0 Å². The van der Waals surface area contributed by atoms with E-state index in [1.807, 2.05) is 6.07 Å². The van der Waals surface area contributed by atoms with Crippen LogP contribution < -0.4 is 29.6 Å². The summed E-state index contributed by atoms with van der Waals surface area (Å²) in [4.78, 5) is 0. The Bertz CT molecular complexity index is 179. The number of aliphatic hydroxyl groups excluding tert-OH is 1. The minimum atomic E-state index is -1.34. The van der Waals surface area contributed by atoms with Gasteiger partial charge in [-0.2, -0.15) is 0 Å². The molecule has 50 valence electrons. The van der Waals surface area contributed by atoms with Gasteiger partial charge in [0.25, 0.3) is 0 Å². The summed E-state index contributed by atoms with van der Waals surface area (Å²) < 4.78 is 0. The van der Waals surface area contributed by atoms with E-state index in [2.05, 4.69) is 0 Å². The summed E-state index contributed by atoms with van der Waals surface area (Å²) in [7, 11) is 0. The van der Waals surface area contributed by atoms with Crippen LogP contribution in [0.2, 0.25) is 0 Å². The summed E-state index contributed by atoms with van der Waals surface area (Å²) in [5, 5.41) is 17.2. The predicted molar refractivity (Wildman–Crippen MR) is 34.7 cm³/mol. The van der Waals surface area contributed by atoms with Crippen LogP contribution in [-0.4, -0.2) is 10.2 Å². The van der Waals surface area contributed by atoms with Crippen LogP contribution in [0.3, 0.4) is 0 Å². The first-order valence-corrected chi connectivity index (χ1v) is 2.72. The van der Waals surface area contributed by atoms with Crippen LogP contribution in [0.15, 0.2) is 30.3 Å². The van der Waals surface area contributed by atoms with E-state index in [9.17, 15) is 0 Å². The third-order valence-corrected chi connectivity index (χ3v) is 1.10. The van der Waals surface area contributed by atoms with E-state index < -0.39 is 6.29 Å². The molecule has 0 radical (unpaired) electrons. The average molecular weight is 148 g/mol. The van der Waals surface area contributed by atoms with Gasteiger partial charge >= 0.3 is 29.6 Å². The van der Waals surface area contributed by atoms with Crippen LogP contribution in [0.1, 0.15) is 13.3 Å². The molecule has 2 N–H and O–H groups in total. The largest absolute Gasteiger partial charge is 1.00 e. The molecule has 0 saturated heterocycles. The minimum absolute atomic E-state index is 0. The Hall–Kier alpha value is 0.140. The molecule has 0 aliphatic rings. The van der Waals surface area contributed by atoms with E-state index in [1.165, 1.54) is 0 Å². The molecule has 0 spiro atoms. The smallest absolute Gasteiger partial charge is 1.00 e. The van der Waals surface area contributed by atoms with Crippen molar-refractivity contribution in [1.29, 1.82) is 0 Å². The Kier molecular flexibility index (Phi) is 4.95. The van der Waals surface area contributed by atoms with Gasteiger partial charge in [0.05, 0.1) is 0 Å². The van der Waals surface area contributed by atoms with Crippen LogP contribution in [0, 0.1) is 0 Å². The molecule has 0 aliphatic heterocycles. The molecule has 1 aromatic rings. The Morgan fingerprint density at radius 2 is 1.60 bits per heavy atom. The zero-order valence-corrected chi connectivity index (χ0v) is 7.86.